The molecule has 154 valence electrons. The summed E-state index contributed by atoms with van der Waals surface area (Å²) in [6.45, 7) is 3.61. The zero-order chi connectivity index (χ0) is 20.1. The van der Waals surface area contributed by atoms with Gasteiger partial charge >= 0.3 is 6.03 Å². The Kier molecular flexibility index (Phi) is 6.35. The number of carbonyl (C=O) groups is 1. The standard InChI is InChI=1S/C24H31N3O2/c1-2-29-23-13-11-19(12-14-23)25-24(28)26-20-15-21-9-6-10-22(16-20)27(21)17-18-7-4-3-5-8-18/h3-5,7-8,11-14,20-22H,2,6,9-10,15-17H2,1H3,(H2,25,26,28)/t21-,22-/m0/s1. The molecule has 29 heavy (non-hydrogen) atoms. The van der Waals surface area contributed by atoms with Crippen LogP contribution in [-0.2, 0) is 6.54 Å². The lowest BCUT2D eigenvalue weighted by Gasteiger charge is -2.49. The Morgan fingerprint density at radius 2 is 1.72 bits per heavy atom. The van der Waals surface area contributed by atoms with Gasteiger partial charge in [-0.25, -0.2) is 4.79 Å². The van der Waals surface area contributed by atoms with Gasteiger partial charge in [-0.05, 0) is 62.4 Å². The third-order valence-electron chi connectivity index (χ3n) is 6.09. The number of piperidine rings is 2. The van der Waals surface area contributed by atoms with Gasteiger partial charge in [0.25, 0.3) is 0 Å². The first kappa shape index (κ1) is 19.8. The number of anilines is 1. The van der Waals surface area contributed by atoms with Gasteiger partial charge in [-0.1, -0.05) is 36.8 Å². The minimum absolute atomic E-state index is 0.117. The molecule has 0 spiro atoms. The van der Waals surface area contributed by atoms with Crippen LogP contribution in [0.5, 0.6) is 5.75 Å². The first-order valence-corrected chi connectivity index (χ1v) is 10.8. The Labute approximate surface area is 173 Å². The van der Waals surface area contributed by atoms with Crippen LogP contribution < -0.4 is 15.4 Å². The number of ether oxygens (including phenoxy) is 1. The average molecular weight is 394 g/mol. The van der Waals surface area contributed by atoms with Crippen LogP contribution in [0.4, 0.5) is 10.5 Å². The van der Waals surface area contributed by atoms with E-state index in [0.29, 0.717) is 18.7 Å². The second kappa shape index (κ2) is 9.31. The Morgan fingerprint density at radius 3 is 2.38 bits per heavy atom. The van der Waals surface area contributed by atoms with Gasteiger partial charge in [-0.2, -0.15) is 0 Å². The van der Waals surface area contributed by atoms with Crippen molar-refractivity contribution in [3.63, 3.8) is 0 Å². The van der Waals surface area contributed by atoms with Crippen LogP contribution in [-0.4, -0.2) is 35.7 Å². The van der Waals surface area contributed by atoms with E-state index in [1.807, 2.05) is 31.2 Å². The summed E-state index contributed by atoms with van der Waals surface area (Å²) < 4.78 is 5.45. The van der Waals surface area contributed by atoms with Gasteiger partial charge in [0, 0.05) is 30.4 Å². The molecule has 2 heterocycles. The fourth-order valence-corrected chi connectivity index (χ4v) is 4.80. The number of rotatable bonds is 6. The van der Waals surface area contributed by atoms with Crippen LogP contribution in [0.25, 0.3) is 0 Å². The van der Waals surface area contributed by atoms with E-state index in [4.69, 9.17) is 4.74 Å². The van der Waals surface area contributed by atoms with Crippen molar-refractivity contribution < 1.29 is 9.53 Å². The Hall–Kier alpha value is -2.53. The van der Waals surface area contributed by atoms with Crippen molar-refractivity contribution in [2.45, 2.75) is 63.7 Å². The van der Waals surface area contributed by atoms with E-state index in [2.05, 4.69) is 45.9 Å². The number of amides is 2. The highest BCUT2D eigenvalue weighted by Gasteiger charge is 2.38. The second-order valence-electron chi connectivity index (χ2n) is 8.12. The molecule has 0 saturated carbocycles. The van der Waals surface area contributed by atoms with E-state index >= 15 is 0 Å². The largest absolute Gasteiger partial charge is 0.494 e. The summed E-state index contributed by atoms with van der Waals surface area (Å²) in [5.41, 5.74) is 2.16. The number of hydrogen-bond donors (Lipinski definition) is 2. The molecule has 0 aliphatic carbocycles. The van der Waals surface area contributed by atoms with Crippen molar-refractivity contribution in [2.75, 3.05) is 11.9 Å². The SMILES string of the molecule is CCOc1ccc(NC(=O)NC2C[C@@H]3CCC[C@@H](C2)N3Cc2ccccc2)cc1. The average Bonchev–Trinajstić information content (AvgIpc) is 2.71. The van der Waals surface area contributed by atoms with E-state index in [9.17, 15) is 4.79 Å². The summed E-state index contributed by atoms with van der Waals surface area (Å²) in [7, 11) is 0. The van der Waals surface area contributed by atoms with Crippen LogP contribution in [0.1, 0.15) is 44.6 Å². The molecule has 2 atom stereocenters. The third kappa shape index (κ3) is 5.10. The predicted octanol–water partition coefficient (Wildman–Crippen LogP) is 4.79. The summed E-state index contributed by atoms with van der Waals surface area (Å²) in [5.74, 6) is 0.817. The Balaban J connectivity index is 1.32. The van der Waals surface area contributed by atoms with Gasteiger partial charge < -0.3 is 15.4 Å². The topological polar surface area (TPSA) is 53.6 Å². The highest BCUT2D eigenvalue weighted by atomic mass is 16.5. The van der Waals surface area contributed by atoms with Crippen molar-refractivity contribution in [2.24, 2.45) is 0 Å². The van der Waals surface area contributed by atoms with Crippen molar-refractivity contribution >= 4 is 11.7 Å². The van der Waals surface area contributed by atoms with Crippen LogP contribution in [0.2, 0.25) is 0 Å². The zero-order valence-electron chi connectivity index (χ0n) is 17.1. The molecule has 4 rings (SSSR count). The molecule has 5 heteroatoms. The van der Waals surface area contributed by atoms with Crippen molar-refractivity contribution in [3.8, 4) is 5.75 Å². The second-order valence-corrected chi connectivity index (χ2v) is 8.12. The van der Waals surface area contributed by atoms with Gasteiger partial charge in [-0.15, -0.1) is 0 Å². The molecule has 2 aliphatic rings. The molecule has 0 aromatic heterocycles. The molecule has 0 radical (unpaired) electrons. The van der Waals surface area contributed by atoms with Gasteiger partial charge in [0.15, 0.2) is 0 Å². The number of fused-ring (bicyclic) bond motifs is 2. The van der Waals surface area contributed by atoms with Crippen LogP contribution in [0, 0.1) is 0 Å². The molecule has 0 unspecified atom stereocenters. The predicted molar refractivity (Wildman–Crippen MR) is 116 cm³/mol. The number of urea groups is 1. The molecule has 2 aliphatic heterocycles. The minimum Gasteiger partial charge on any atom is -0.494 e. The smallest absolute Gasteiger partial charge is 0.319 e. The summed E-state index contributed by atoms with van der Waals surface area (Å²) in [5, 5.41) is 6.17. The van der Waals surface area contributed by atoms with Crippen molar-refractivity contribution in [3.05, 3.63) is 60.2 Å². The van der Waals surface area contributed by atoms with E-state index < -0.39 is 0 Å². The molecular formula is C24H31N3O2. The summed E-state index contributed by atoms with van der Waals surface area (Å²) in [6.07, 6.45) is 5.80. The lowest BCUT2D eigenvalue weighted by Crippen LogP contribution is -2.56. The highest BCUT2D eigenvalue weighted by Crippen LogP contribution is 2.35. The fraction of sp³-hybridized carbons (Fsp3) is 0.458. The normalized spacial score (nSPS) is 24.0. The minimum atomic E-state index is -0.117. The number of nitrogens with one attached hydrogen (secondary N) is 2. The summed E-state index contributed by atoms with van der Waals surface area (Å²) >= 11 is 0. The lowest BCUT2D eigenvalue weighted by molar-refractivity contribution is 0.0200. The molecule has 2 N–H and O–H groups in total. The maximum Gasteiger partial charge on any atom is 0.319 e. The van der Waals surface area contributed by atoms with E-state index in [0.717, 1.165) is 30.8 Å². The van der Waals surface area contributed by atoms with Gasteiger partial charge in [0.2, 0.25) is 0 Å². The monoisotopic (exact) mass is 393 g/mol. The van der Waals surface area contributed by atoms with Crippen LogP contribution in [0.3, 0.4) is 0 Å². The molecule has 2 saturated heterocycles. The van der Waals surface area contributed by atoms with Crippen molar-refractivity contribution in [1.29, 1.82) is 0 Å². The molecule has 5 nitrogen and oxygen atoms in total. The zero-order valence-corrected chi connectivity index (χ0v) is 17.1. The van der Waals surface area contributed by atoms with Crippen LogP contribution in [0.15, 0.2) is 54.6 Å². The maximum absolute atomic E-state index is 12.5. The fourth-order valence-electron chi connectivity index (χ4n) is 4.80. The van der Waals surface area contributed by atoms with E-state index in [1.165, 1.54) is 24.8 Å². The lowest BCUT2D eigenvalue weighted by atomic mass is 9.81. The van der Waals surface area contributed by atoms with Crippen LogP contribution >= 0.6 is 0 Å². The van der Waals surface area contributed by atoms with Crippen molar-refractivity contribution in [1.82, 2.24) is 10.2 Å². The molecule has 2 bridgehead atoms. The number of carbonyl (C=O) groups excluding carboxylic acids is 1. The molecule has 2 aromatic rings. The van der Waals surface area contributed by atoms with E-state index in [-0.39, 0.29) is 12.1 Å². The summed E-state index contributed by atoms with van der Waals surface area (Å²) in [6, 6.07) is 19.5. The Morgan fingerprint density at radius 1 is 1.03 bits per heavy atom. The van der Waals surface area contributed by atoms with Gasteiger partial charge in [0.05, 0.1) is 6.61 Å². The quantitative estimate of drug-likeness (QED) is 0.742. The first-order valence-electron chi connectivity index (χ1n) is 10.8. The number of benzene rings is 2. The first-order chi connectivity index (χ1) is 14.2. The molecule has 2 amide bonds. The number of nitrogens with zero attached hydrogens (tertiary/aromatic N) is 1. The molecule has 2 fully saturated rings. The number of hydrogen-bond acceptors (Lipinski definition) is 3. The summed E-state index contributed by atoms with van der Waals surface area (Å²) in [4.78, 5) is 15.2. The van der Waals surface area contributed by atoms with Gasteiger partial charge in [0.1, 0.15) is 5.75 Å². The third-order valence-corrected chi connectivity index (χ3v) is 6.09. The Bertz CT molecular complexity index is 780. The van der Waals surface area contributed by atoms with E-state index in [1.54, 1.807) is 0 Å². The maximum atomic E-state index is 12.5. The highest BCUT2D eigenvalue weighted by molar-refractivity contribution is 5.89. The molecule has 2 aromatic carbocycles. The molecular weight excluding hydrogens is 362 g/mol. The van der Waals surface area contributed by atoms with Gasteiger partial charge in [-0.3, -0.25) is 4.90 Å².